The van der Waals surface area contributed by atoms with Gasteiger partial charge >= 0.3 is 0 Å². The second kappa shape index (κ2) is 8.14. The third-order valence-corrected chi connectivity index (χ3v) is 4.80. The van der Waals surface area contributed by atoms with Crippen molar-refractivity contribution < 1.29 is 13.9 Å². The molecule has 2 heterocycles. The smallest absolute Gasteiger partial charge is 0.277 e. The molecule has 136 valence electrons. The maximum Gasteiger partial charge on any atom is 0.277 e. The van der Waals surface area contributed by atoms with E-state index in [2.05, 4.69) is 24.3 Å². The SMILES string of the molecule is O=C(CSc1nnc(COc2ccccc2)o1)Nc1cccc2nsnc12. The van der Waals surface area contributed by atoms with Crippen LogP contribution in [0.4, 0.5) is 5.69 Å². The van der Waals surface area contributed by atoms with Crippen molar-refractivity contribution in [1.29, 1.82) is 0 Å². The summed E-state index contributed by atoms with van der Waals surface area (Å²) in [6.45, 7) is 0.169. The summed E-state index contributed by atoms with van der Waals surface area (Å²) in [6, 6.07) is 14.8. The van der Waals surface area contributed by atoms with Gasteiger partial charge in [0.2, 0.25) is 5.91 Å². The van der Waals surface area contributed by atoms with Crippen LogP contribution in [0, 0.1) is 0 Å². The molecule has 0 aliphatic carbocycles. The Labute approximate surface area is 162 Å². The van der Waals surface area contributed by atoms with Crippen molar-refractivity contribution in [3.8, 4) is 5.75 Å². The van der Waals surface area contributed by atoms with Crippen LogP contribution in [0.1, 0.15) is 5.89 Å². The Kier molecular flexibility index (Phi) is 5.26. The fourth-order valence-corrected chi connectivity index (χ4v) is 3.37. The summed E-state index contributed by atoms with van der Waals surface area (Å²) < 4.78 is 19.4. The van der Waals surface area contributed by atoms with E-state index in [1.54, 1.807) is 6.07 Å². The highest BCUT2D eigenvalue weighted by Crippen LogP contribution is 2.22. The Morgan fingerprint density at radius 1 is 1.11 bits per heavy atom. The lowest BCUT2D eigenvalue weighted by atomic mass is 10.2. The summed E-state index contributed by atoms with van der Waals surface area (Å²) in [5.74, 6) is 1.01. The number of thioether (sulfide) groups is 1. The van der Waals surface area contributed by atoms with Crippen LogP contribution in [-0.2, 0) is 11.4 Å². The summed E-state index contributed by atoms with van der Waals surface area (Å²) in [5.41, 5.74) is 2.07. The van der Waals surface area contributed by atoms with Gasteiger partial charge in [-0.15, -0.1) is 10.2 Å². The number of carbonyl (C=O) groups excluding carboxylic acids is 1. The highest BCUT2D eigenvalue weighted by molar-refractivity contribution is 7.99. The number of amides is 1. The summed E-state index contributed by atoms with van der Waals surface area (Å²) in [7, 11) is 0. The van der Waals surface area contributed by atoms with Crippen molar-refractivity contribution in [2.24, 2.45) is 0 Å². The molecule has 0 atom stereocenters. The summed E-state index contributed by atoms with van der Waals surface area (Å²) in [4.78, 5) is 12.2. The van der Waals surface area contributed by atoms with E-state index in [1.807, 2.05) is 42.5 Å². The van der Waals surface area contributed by atoms with E-state index in [0.717, 1.165) is 34.8 Å². The Morgan fingerprint density at radius 3 is 2.89 bits per heavy atom. The average Bonchev–Trinajstić information content (AvgIpc) is 3.35. The zero-order valence-corrected chi connectivity index (χ0v) is 15.5. The second-order valence-corrected chi connectivity index (χ2v) is 6.79. The number of ether oxygens (including phenoxy) is 1. The monoisotopic (exact) mass is 399 g/mol. The van der Waals surface area contributed by atoms with Gasteiger partial charge in [-0.25, -0.2) is 0 Å². The van der Waals surface area contributed by atoms with E-state index in [1.165, 1.54) is 0 Å². The summed E-state index contributed by atoms with van der Waals surface area (Å²) in [6.07, 6.45) is 0. The van der Waals surface area contributed by atoms with E-state index in [4.69, 9.17) is 9.15 Å². The van der Waals surface area contributed by atoms with Gasteiger partial charge in [-0.1, -0.05) is 36.0 Å². The molecule has 0 unspecified atom stereocenters. The molecular formula is C17H13N5O3S2. The third-order valence-electron chi connectivity index (χ3n) is 3.44. The number of benzene rings is 2. The summed E-state index contributed by atoms with van der Waals surface area (Å²) >= 11 is 2.26. The van der Waals surface area contributed by atoms with Gasteiger partial charge in [0.25, 0.3) is 11.1 Å². The number of hydrogen-bond acceptors (Lipinski definition) is 9. The van der Waals surface area contributed by atoms with E-state index in [9.17, 15) is 4.79 Å². The first-order chi connectivity index (χ1) is 13.3. The fourth-order valence-electron chi connectivity index (χ4n) is 2.24. The topological polar surface area (TPSA) is 103 Å². The lowest BCUT2D eigenvalue weighted by molar-refractivity contribution is -0.113. The molecule has 0 bridgehead atoms. The predicted molar refractivity (Wildman–Crippen MR) is 102 cm³/mol. The Hall–Kier alpha value is -2.98. The Bertz CT molecular complexity index is 1050. The van der Waals surface area contributed by atoms with E-state index in [-0.39, 0.29) is 18.3 Å². The number of rotatable bonds is 7. The number of para-hydroxylation sites is 1. The molecule has 0 spiro atoms. The largest absolute Gasteiger partial charge is 0.484 e. The second-order valence-electron chi connectivity index (χ2n) is 5.34. The molecule has 4 aromatic rings. The van der Waals surface area contributed by atoms with E-state index >= 15 is 0 Å². The van der Waals surface area contributed by atoms with Crippen LogP contribution in [0.2, 0.25) is 0 Å². The average molecular weight is 399 g/mol. The maximum atomic E-state index is 12.2. The lowest BCUT2D eigenvalue weighted by Crippen LogP contribution is -2.14. The van der Waals surface area contributed by atoms with Gasteiger partial charge in [0.15, 0.2) is 6.61 Å². The van der Waals surface area contributed by atoms with Crippen LogP contribution < -0.4 is 10.1 Å². The number of nitrogens with zero attached hydrogens (tertiary/aromatic N) is 4. The minimum absolute atomic E-state index is 0.134. The zero-order chi connectivity index (χ0) is 18.5. The first kappa shape index (κ1) is 17.4. The molecule has 0 aliphatic heterocycles. The highest BCUT2D eigenvalue weighted by Gasteiger charge is 2.12. The molecule has 27 heavy (non-hydrogen) atoms. The molecule has 2 aromatic carbocycles. The molecule has 0 saturated carbocycles. The summed E-state index contributed by atoms with van der Waals surface area (Å²) in [5, 5.41) is 11.0. The van der Waals surface area contributed by atoms with Crippen molar-refractivity contribution in [1.82, 2.24) is 18.9 Å². The minimum Gasteiger partial charge on any atom is -0.484 e. The number of aromatic nitrogens is 4. The van der Waals surface area contributed by atoms with Crippen molar-refractivity contribution in [2.75, 3.05) is 11.1 Å². The molecular weight excluding hydrogens is 386 g/mol. The van der Waals surface area contributed by atoms with Crippen LogP contribution in [0.25, 0.3) is 11.0 Å². The van der Waals surface area contributed by atoms with Crippen LogP contribution >= 0.6 is 23.5 Å². The van der Waals surface area contributed by atoms with Gasteiger partial charge in [0.1, 0.15) is 16.8 Å². The fraction of sp³-hybridized carbons (Fsp3) is 0.118. The van der Waals surface area contributed by atoms with Crippen LogP contribution in [0.15, 0.2) is 58.2 Å². The van der Waals surface area contributed by atoms with Gasteiger partial charge < -0.3 is 14.5 Å². The number of fused-ring (bicyclic) bond motifs is 1. The Balaban J connectivity index is 1.29. The molecule has 2 aromatic heterocycles. The normalized spacial score (nSPS) is 10.8. The minimum atomic E-state index is -0.194. The van der Waals surface area contributed by atoms with Gasteiger partial charge in [0, 0.05) is 0 Å². The van der Waals surface area contributed by atoms with Crippen molar-refractivity contribution in [2.45, 2.75) is 11.8 Å². The van der Waals surface area contributed by atoms with Gasteiger partial charge in [-0.3, -0.25) is 4.79 Å². The zero-order valence-electron chi connectivity index (χ0n) is 13.9. The molecule has 4 rings (SSSR count). The van der Waals surface area contributed by atoms with Crippen molar-refractivity contribution >= 4 is 46.1 Å². The van der Waals surface area contributed by atoms with E-state index in [0.29, 0.717) is 22.3 Å². The number of carbonyl (C=O) groups is 1. The van der Waals surface area contributed by atoms with Crippen molar-refractivity contribution in [3.63, 3.8) is 0 Å². The molecule has 1 N–H and O–H groups in total. The highest BCUT2D eigenvalue weighted by atomic mass is 32.2. The third kappa shape index (κ3) is 4.41. The van der Waals surface area contributed by atoms with Gasteiger partial charge in [0.05, 0.1) is 23.2 Å². The predicted octanol–water partition coefficient (Wildman–Crippen LogP) is 3.38. The van der Waals surface area contributed by atoms with Crippen LogP contribution in [-0.4, -0.2) is 30.6 Å². The van der Waals surface area contributed by atoms with E-state index < -0.39 is 0 Å². The van der Waals surface area contributed by atoms with Crippen LogP contribution in [0.3, 0.4) is 0 Å². The lowest BCUT2D eigenvalue weighted by Gasteiger charge is -2.04. The number of hydrogen-bond donors (Lipinski definition) is 1. The number of anilines is 1. The Morgan fingerprint density at radius 2 is 2.00 bits per heavy atom. The molecule has 0 aliphatic rings. The van der Waals surface area contributed by atoms with Gasteiger partial charge in [-0.05, 0) is 24.3 Å². The van der Waals surface area contributed by atoms with Crippen molar-refractivity contribution in [3.05, 3.63) is 54.4 Å². The molecule has 10 heteroatoms. The molecule has 0 radical (unpaired) electrons. The van der Waals surface area contributed by atoms with Gasteiger partial charge in [-0.2, -0.15) is 8.75 Å². The maximum absolute atomic E-state index is 12.2. The quantitative estimate of drug-likeness (QED) is 0.472. The first-order valence-electron chi connectivity index (χ1n) is 7.92. The molecule has 0 saturated heterocycles. The van der Waals surface area contributed by atoms with Crippen LogP contribution in [0.5, 0.6) is 5.75 Å². The standard InChI is InChI=1S/C17H13N5O3S2/c23-14(18-12-7-4-8-13-16(12)22-27-21-13)10-26-17-20-19-15(25-17)9-24-11-5-2-1-3-6-11/h1-8H,9-10H2,(H,18,23). The molecule has 0 fully saturated rings. The molecule has 8 nitrogen and oxygen atoms in total. The molecule has 1 amide bonds. The number of nitrogens with one attached hydrogen (secondary N) is 1. The first-order valence-corrected chi connectivity index (χ1v) is 9.64.